The van der Waals surface area contributed by atoms with Gasteiger partial charge in [0.2, 0.25) is 0 Å². The van der Waals surface area contributed by atoms with Crippen LogP contribution >= 0.6 is 0 Å². The Hall–Kier alpha value is -0.590. The van der Waals surface area contributed by atoms with Crippen LogP contribution in [0.15, 0.2) is 12.2 Å². The van der Waals surface area contributed by atoms with Crippen molar-refractivity contribution in [2.24, 2.45) is 0 Å². The molecule has 0 unspecified atom stereocenters. The lowest BCUT2D eigenvalue weighted by Crippen LogP contribution is -1.97. The molecule has 17 heavy (non-hydrogen) atoms. The number of carbonyl (C=O) groups excluding carboxylic acids is 1. The van der Waals surface area contributed by atoms with E-state index in [2.05, 4.69) is 12.2 Å². The summed E-state index contributed by atoms with van der Waals surface area (Å²) in [5.41, 5.74) is 0. The average molecular weight is 236 g/mol. The van der Waals surface area contributed by atoms with E-state index in [0.29, 0.717) is 5.78 Å². The van der Waals surface area contributed by atoms with Crippen LogP contribution in [0.5, 0.6) is 0 Å². The molecule has 0 aliphatic heterocycles. The molecule has 0 aromatic heterocycles. The van der Waals surface area contributed by atoms with Crippen molar-refractivity contribution >= 4 is 5.78 Å². The van der Waals surface area contributed by atoms with Gasteiger partial charge in [0.25, 0.3) is 0 Å². The minimum atomic E-state index is 0.497. The van der Waals surface area contributed by atoms with Gasteiger partial charge >= 0.3 is 0 Å². The zero-order valence-corrected chi connectivity index (χ0v) is 11.3. The van der Waals surface area contributed by atoms with Gasteiger partial charge in [-0.3, -0.25) is 4.79 Å². The summed E-state index contributed by atoms with van der Waals surface area (Å²) in [6.07, 6.45) is 20.1. The Morgan fingerprint density at radius 3 is 1.53 bits per heavy atom. The van der Waals surface area contributed by atoms with Crippen LogP contribution in [0.3, 0.4) is 0 Å². The molecule has 0 heterocycles. The monoisotopic (exact) mass is 236 g/mol. The molecule has 98 valence electrons. The highest BCUT2D eigenvalue weighted by Crippen LogP contribution is 2.12. The largest absolute Gasteiger partial charge is 0.300 e. The van der Waals surface area contributed by atoms with Crippen molar-refractivity contribution < 1.29 is 4.79 Å². The van der Waals surface area contributed by atoms with Gasteiger partial charge in [-0.25, -0.2) is 0 Å². The lowest BCUT2D eigenvalue weighted by Gasteiger charge is -2.03. The molecule has 0 atom stereocenters. The second-order valence-electron chi connectivity index (χ2n) is 5.27. The predicted octanol–water partition coefficient (Wildman–Crippen LogP) is 5.20. The maximum absolute atomic E-state index is 11.6. The normalized spacial score (nSPS) is 24.4. The highest BCUT2D eigenvalue weighted by atomic mass is 16.1. The minimum Gasteiger partial charge on any atom is -0.300 e. The van der Waals surface area contributed by atoms with Gasteiger partial charge in [-0.2, -0.15) is 0 Å². The summed E-state index contributed by atoms with van der Waals surface area (Å²) in [5, 5.41) is 0. The Bertz CT molecular complexity index is 218. The number of Topliss-reactive ketones (excluding diaryl/α,β-unsaturated/α-hetero) is 1. The Morgan fingerprint density at radius 2 is 1.00 bits per heavy atom. The summed E-state index contributed by atoms with van der Waals surface area (Å²) in [6.45, 7) is 0. The van der Waals surface area contributed by atoms with E-state index in [4.69, 9.17) is 0 Å². The first-order chi connectivity index (χ1) is 8.39. The molecule has 0 saturated heterocycles. The highest BCUT2D eigenvalue weighted by Gasteiger charge is 2.01. The van der Waals surface area contributed by atoms with Crippen molar-refractivity contribution in [2.45, 2.75) is 83.5 Å². The molecule has 0 aromatic carbocycles. The SMILES string of the molecule is O=C1CCCCCC/C=C\CCCCCCC1. The zero-order valence-electron chi connectivity index (χ0n) is 11.3. The fourth-order valence-corrected chi connectivity index (χ4v) is 2.41. The highest BCUT2D eigenvalue weighted by molar-refractivity contribution is 5.78. The van der Waals surface area contributed by atoms with E-state index < -0.39 is 0 Å². The van der Waals surface area contributed by atoms with Gasteiger partial charge in [-0.05, 0) is 38.5 Å². The lowest BCUT2D eigenvalue weighted by atomic mass is 10.0. The second-order valence-corrected chi connectivity index (χ2v) is 5.27. The summed E-state index contributed by atoms with van der Waals surface area (Å²) in [7, 11) is 0. The van der Waals surface area contributed by atoms with E-state index in [1.54, 1.807) is 0 Å². The Labute approximate surface area is 107 Å². The number of ketones is 1. The number of carbonyl (C=O) groups is 1. The minimum absolute atomic E-state index is 0.497. The summed E-state index contributed by atoms with van der Waals surface area (Å²) in [6, 6.07) is 0. The molecule has 1 heteroatoms. The molecule has 0 bridgehead atoms. The van der Waals surface area contributed by atoms with Crippen molar-refractivity contribution in [1.82, 2.24) is 0 Å². The average Bonchev–Trinajstić information content (AvgIpc) is 2.32. The smallest absolute Gasteiger partial charge is 0.132 e. The van der Waals surface area contributed by atoms with Crippen LogP contribution in [0.2, 0.25) is 0 Å². The zero-order chi connectivity index (χ0) is 12.2. The third-order valence-electron chi connectivity index (χ3n) is 3.57. The molecule has 0 fully saturated rings. The number of allylic oxidation sites excluding steroid dienone is 2. The van der Waals surface area contributed by atoms with E-state index >= 15 is 0 Å². The van der Waals surface area contributed by atoms with Gasteiger partial charge in [-0.1, -0.05) is 44.3 Å². The van der Waals surface area contributed by atoms with Crippen LogP contribution in [-0.2, 0) is 4.79 Å². The van der Waals surface area contributed by atoms with Crippen LogP contribution < -0.4 is 0 Å². The van der Waals surface area contributed by atoms with Crippen LogP contribution in [-0.4, -0.2) is 5.78 Å². The summed E-state index contributed by atoms with van der Waals surface area (Å²) in [4.78, 5) is 11.6. The number of rotatable bonds is 0. The van der Waals surface area contributed by atoms with Crippen LogP contribution in [0.1, 0.15) is 83.5 Å². The maximum atomic E-state index is 11.6. The van der Waals surface area contributed by atoms with Gasteiger partial charge in [0, 0.05) is 12.8 Å². The molecule has 1 rings (SSSR count). The van der Waals surface area contributed by atoms with Gasteiger partial charge in [0.05, 0.1) is 0 Å². The molecular weight excluding hydrogens is 208 g/mol. The first kappa shape index (κ1) is 14.5. The summed E-state index contributed by atoms with van der Waals surface area (Å²) >= 11 is 0. The van der Waals surface area contributed by atoms with E-state index in [1.807, 2.05) is 0 Å². The molecule has 0 radical (unpaired) electrons. The van der Waals surface area contributed by atoms with E-state index in [0.717, 1.165) is 25.7 Å². The molecule has 0 spiro atoms. The maximum Gasteiger partial charge on any atom is 0.132 e. The molecular formula is C16H28O. The Kier molecular flexibility index (Phi) is 8.99. The topological polar surface area (TPSA) is 17.1 Å². The van der Waals surface area contributed by atoms with E-state index in [-0.39, 0.29) is 0 Å². The molecule has 1 aliphatic carbocycles. The Morgan fingerprint density at radius 1 is 0.588 bits per heavy atom. The van der Waals surface area contributed by atoms with Crippen LogP contribution in [0.25, 0.3) is 0 Å². The van der Waals surface area contributed by atoms with Crippen LogP contribution in [0, 0.1) is 0 Å². The third-order valence-corrected chi connectivity index (χ3v) is 3.57. The standard InChI is InChI=1S/C16H28O/c17-16-14-12-10-8-6-4-2-1-3-5-7-9-11-13-15-16/h1-2H,3-15H2/b2-1-. The van der Waals surface area contributed by atoms with Crippen molar-refractivity contribution in [3.8, 4) is 0 Å². The molecule has 0 saturated carbocycles. The molecule has 0 aromatic rings. The molecule has 0 amide bonds. The predicted molar refractivity (Wildman–Crippen MR) is 74.2 cm³/mol. The van der Waals surface area contributed by atoms with Crippen molar-refractivity contribution in [3.63, 3.8) is 0 Å². The fourth-order valence-electron chi connectivity index (χ4n) is 2.41. The molecule has 1 aliphatic rings. The fraction of sp³-hybridized carbons (Fsp3) is 0.812. The van der Waals surface area contributed by atoms with Crippen molar-refractivity contribution in [1.29, 1.82) is 0 Å². The van der Waals surface area contributed by atoms with Gasteiger partial charge in [0.15, 0.2) is 0 Å². The van der Waals surface area contributed by atoms with E-state index in [9.17, 15) is 4.79 Å². The lowest BCUT2D eigenvalue weighted by molar-refractivity contribution is -0.119. The quantitative estimate of drug-likeness (QED) is 0.528. The van der Waals surface area contributed by atoms with Gasteiger partial charge < -0.3 is 0 Å². The number of hydrogen-bond acceptors (Lipinski definition) is 1. The Balaban J connectivity index is 2.18. The van der Waals surface area contributed by atoms with Crippen LogP contribution in [0.4, 0.5) is 0 Å². The molecule has 1 nitrogen and oxygen atoms in total. The van der Waals surface area contributed by atoms with Gasteiger partial charge in [-0.15, -0.1) is 0 Å². The third kappa shape index (κ3) is 9.14. The van der Waals surface area contributed by atoms with Crippen molar-refractivity contribution in [3.05, 3.63) is 12.2 Å². The first-order valence-corrected chi connectivity index (χ1v) is 7.56. The van der Waals surface area contributed by atoms with E-state index in [1.165, 1.54) is 57.8 Å². The first-order valence-electron chi connectivity index (χ1n) is 7.56. The number of hydrogen-bond donors (Lipinski definition) is 0. The van der Waals surface area contributed by atoms with Crippen molar-refractivity contribution in [2.75, 3.05) is 0 Å². The summed E-state index contributed by atoms with van der Waals surface area (Å²) in [5.74, 6) is 0.497. The molecule has 0 N–H and O–H groups in total. The van der Waals surface area contributed by atoms with Gasteiger partial charge in [0.1, 0.15) is 5.78 Å². The second kappa shape index (κ2) is 10.6. The summed E-state index contributed by atoms with van der Waals surface area (Å²) < 4.78 is 0.